The number of carbonyl (C=O) groups is 1. The summed E-state index contributed by atoms with van der Waals surface area (Å²) >= 11 is 0. The summed E-state index contributed by atoms with van der Waals surface area (Å²) in [5.41, 5.74) is 6.19. The predicted molar refractivity (Wildman–Crippen MR) is 75.3 cm³/mol. The third-order valence-electron chi connectivity index (χ3n) is 3.04. The van der Waals surface area contributed by atoms with Gasteiger partial charge in [0.2, 0.25) is 0 Å². The molecule has 2 rings (SSSR count). The van der Waals surface area contributed by atoms with E-state index in [1.807, 2.05) is 6.07 Å². The van der Waals surface area contributed by atoms with Crippen molar-refractivity contribution in [1.82, 2.24) is 4.98 Å². The van der Waals surface area contributed by atoms with Crippen LogP contribution >= 0.6 is 0 Å². The molecule has 2 N–H and O–H groups in total. The molecular weight excluding hydrogens is 242 g/mol. The lowest BCUT2D eigenvalue weighted by molar-refractivity contribution is 0.0995. The van der Waals surface area contributed by atoms with Crippen LogP contribution in [0.25, 0.3) is 11.0 Å². The van der Waals surface area contributed by atoms with Crippen LogP contribution in [-0.2, 0) is 0 Å². The Balaban J connectivity index is 2.68. The van der Waals surface area contributed by atoms with Crippen LogP contribution in [0.3, 0.4) is 0 Å². The van der Waals surface area contributed by atoms with E-state index >= 15 is 0 Å². The molecule has 0 aliphatic carbocycles. The Kier molecular flexibility index (Phi) is 3.46. The molecule has 0 unspecified atom stereocenters. The van der Waals surface area contributed by atoms with Crippen LogP contribution in [0.5, 0.6) is 0 Å². The number of anilines is 1. The van der Waals surface area contributed by atoms with Crippen molar-refractivity contribution in [2.45, 2.75) is 39.8 Å². The van der Waals surface area contributed by atoms with E-state index in [1.54, 1.807) is 12.3 Å². The fourth-order valence-corrected chi connectivity index (χ4v) is 2.36. The maximum absolute atomic E-state index is 11.4. The third-order valence-corrected chi connectivity index (χ3v) is 3.04. The van der Waals surface area contributed by atoms with E-state index in [0.29, 0.717) is 5.58 Å². The predicted octanol–water partition coefficient (Wildman–Crippen LogP) is 2.55. The minimum Gasteiger partial charge on any atom is -0.464 e. The first-order chi connectivity index (χ1) is 8.91. The number of pyridine rings is 1. The number of aromatic nitrogens is 1. The van der Waals surface area contributed by atoms with Gasteiger partial charge in [0.15, 0.2) is 0 Å². The summed E-state index contributed by atoms with van der Waals surface area (Å²) in [7, 11) is 0. The van der Waals surface area contributed by atoms with Gasteiger partial charge in [-0.15, -0.1) is 0 Å². The molecule has 0 aliphatic rings. The molecule has 2 aromatic rings. The molecule has 0 atom stereocenters. The number of nitrogens with two attached hydrogens (primary N) is 1. The van der Waals surface area contributed by atoms with Gasteiger partial charge in [-0.3, -0.25) is 4.79 Å². The van der Waals surface area contributed by atoms with Gasteiger partial charge in [0, 0.05) is 18.2 Å². The normalized spacial score (nSPS) is 11.5. The zero-order chi connectivity index (χ0) is 14.2. The second kappa shape index (κ2) is 4.91. The second-order valence-corrected chi connectivity index (χ2v) is 5.12. The Bertz CT molecular complexity index is 594. The summed E-state index contributed by atoms with van der Waals surface area (Å²) in [4.78, 5) is 17.9. The second-order valence-electron chi connectivity index (χ2n) is 5.12. The number of amides is 1. The number of carbonyl (C=O) groups excluding carboxylic acids is 1. The maximum Gasteiger partial charge on any atom is 0.267 e. The number of nitrogens with zero attached hydrogens (tertiary/aromatic N) is 2. The van der Waals surface area contributed by atoms with E-state index in [9.17, 15) is 4.79 Å². The molecule has 0 radical (unpaired) electrons. The number of furan rings is 1. The van der Waals surface area contributed by atoms with Crippen LogP contribution in [-0.4, -0.2) is 23.0 Å². The highest BCUT2D eigenvalue weighted by atomic mass is 16.3. The van der Waals surface area contributed by atoms with Crippen LogP contribution in [0.1, 0.15) is 38.2 Å². The highest BCUT2D eigenvalue weighted by Gasteiger charge is 2.21. The van der Waals surface area contributed by atoms with Crippen LogP contribution < -0.4 is 10.6 Å². The smallest absolute Gasteiger partial charge is 0.267 e. The average molecular weight is 261 g/mol. The fourth-order valence-electron chi connectivity index (χ4n) is 2.36. The summed E-state index contributed by atoms with van der Waals surface area (Å²) < 4.78 is 5.38. The number of hydrogen-bond acceptors (Lipinski definition) is 4. The van der Waals surface area contributed by atoms with Gasteiger partial charge < -0.3 is 15.1 Å². The van der Waals surface area contributed by atoms with Crippen molar-refractivity contribution in [2.75, 3.05) is 4.90 Å². The van der Waals surface area contributed by atoms with Crippen molar-refractivity contribution >= 4 is 22.7 Å². The van der Waals surface area contributed by atoms with Gasteiger partial charge in [0.1, 0.15) is 17.1 Å². The van der Waals surface area contributed by atoms with E-state index in [0.717, 1.165) is 11.2 Å². The first-order valence-electron chi connectivity index (χ1n) is 6.38. The standard InChI is InChI=1S/C14H19N3O2/c1-8(2)17(9(3)4)14-10-5-6-19-12(10)7-11(16-14)13(15)18/h5-9H,1-4H3,(H2,15,18). The summed E-state index contributed by atoms with van der Waals surface area (Å²) in [5, 5.41) is 0.896. The van der Waals surface area contributed by atoms with Crippen molar-refractivity contribution in [2.24, 2.45) is 5.73 Å². The lowest BCUT2D eigenvalue weighted by Gasteiger charge is -2.32. The number of primary amides is 1. The van der Waals surface area contributed by atoms with Gasteiger partial charge in [-0.2, -0.15) is 0 Å². The molecule has 0 fully saturated rings. The van der Waals surface area contributed by atoms with E-state index in [4.69, 9.17) is 10.2 Å². The quantitative estimate of drug-likeness (QED) is 0.918. The Morgan fingerprint density at radius 2 is 1.95 bits per heavy atom. The monoisotopic (exact) mass is 261 g/mol. The summed E-state index contributed by atoms with van der Waals surface area (Å²) in [6.45, 7) is 8.35. The molecule has 5 heteroatoms. The molecule has 0 saturated heterocycles. The molecule has 2 aromatic heterocycles. The number of fused-ring (bicyclic) bond motifs is 1. The Morgan fingerprint density at radius 1 is 1.32 bits per heavy atom. The zero-order valence-electron chi connectivity index (χ0n) is 11.7. The third kappa shape index (κ3) is 2.41. The molecule has 0 aliphatic heterocycles. The van der Waals surface area contributed by atoms with Gasteiger partial charge in [-0.25, -0.2) is 4.98 Å². The van der Waals surface area contributed by atoms with Gasteiger partial charge in [-0.05, 0) is 33.8 Å². The van der Waals surface area contributed by atoms with Crippen LogP contribution in [0.4, 0.5) is 5.82 Å². The van der Waals surface area contributed by atoms with Crippen LogP contribution in [0.2, 0.25) is 0 Å². The number of rotatable bonds is 4. The van der Waals surface area contributed by atoms with Crippen LogP contribution in [0, 0.1) is 0 Å². The van der Waals surface area contributed by atoms with E-state index in [-0.39, 0.29) is 17.8 Å². The van der Waals surface area contributed by atoms with E-state index in [1.165, 1.54) is 0 Å². The van der Waals surface area contributed by atoms with Crippen molar-refractivity contribution in [3.63, 3.8) is 0 Å². The lowest BCUT2D eigenvalue weighted by atomic mass is 10.2. The fraction of sp³-hybridized carbons (Fsp3) is 0.429. The van der Waals surface area contributed by atoms with Crippen molar-refractivity contribution in [1.29, 1.82) is 0 Å². The molecule has 0 saturated carbocycles. The van der Waals surface area contributed by atoms with Crippen LogP contribution in [0.15, 0.2) is 22.8 Å². The molecule has 102 valence electrons. The molecule has 2 heterocycles. The van der Waals surface area contributed by atoms with Crippen molar-refractivity contribution < 1.29 is 9.21 Å². The lowest BCUT2D eigenvalue weighted by Crippen LogP contribution is -2.38. The summed E-state index contributed by atoms with van der Waals surface area (Å²) in [6, 6.07) is 3.96. The molecule has 0 spiro atoms. The topological polar surface area (TPSA) is 72.4 Å². The van der Waals surface area contributed by atoms with Gasteiger partial charge in [-0.1, -0.05) is 0 Å². The van der Waals surface area contributed by atoms with Gasteiger partial charge in [0.05, 0.1) is 11.6 Å². The average Bonchev–Trinajstić information content (AvgIpc) is 2.75. The maximum atomic E-state index is 11.4. The Morgan fingerprint density at radius 3 is 2.47 bits per heavy atom. The van der Waals surface area contributed by atoms with Gasteiger partial charge >= 0.3 is 0 Å². The summed E-state index contributed by atoms with van der Waals surface area (Å²) in [6.07, 6.45) is 1.60. The van der Waals surface area contributed by atoms with E-state index in [2.05, 4.69) is 37.6 Å². The SMILES string of the molecule is CC(C)N(c1nc(C(N)=O)cc2occc12)C(C)C. The molecule has 0 bridgehead atoms. The zero-order valence-corrected chi connectivity index (χ0v) is 11.7. The first kappa shape index (κ1) is 13.4. The largest absolute Gasteiger partial charge is 0.464 e. The Hall–Kier alpha value is -2.04. The Labute approximate surface area is 112 Å². The molecule has 0 aromatic carbocycles. The number of hydrogen-bond donors (Lipinski definition) is 1. The molecule has 1 amide bonds. The van der Waals surface area contributed by atoms with E-state index < -0.39 is 5.91 Å². The van der Waals surface area contributed by atoms with Gasteiger partial charge in [0.25, 0.3) is 5.91 Å². The highest BCUT2D eigenvalue weighted by molar-refractivity contribution is 5.98. The molecule has 5 nitrogen and oxygen atoms in total. The highest BCUT2D eigenvalue weighted by Crippen LogP contribution is 2.29. The first-order valence-corrected chi connectivity index (χ1v) is 6.38. The summed E-state index contributed by atoms with van der Waals surface area (Å²) in [5.74, 6) is 0.192. The van der Waals surface area contributed by atoms with Crippen molar-refractivity contribution in [3.8, 4) is 0 Å². The molecule has 19 heavy (non-hydrogen) atoms. The molecular formula is C14H19N3O2. The minimum atomic E-state index is -0.549. The van der Waals surface area contributed by atoms with Crippen molar-refractivity contribution in [3.05, 3.63) is 24.1 Å². The minimum absolute atomic E-state index is 0.226.